The Morgan fingerprint density at radius 2 is 0.645 bits per heavy atom. The van der Waals surface area contributed by atoms with Crippen LogP contribution in [0.5, 0.6) is 0 Å². The molecule has 172 valence electrons. The minimum absolute atomic E-state index is 0.766. The van der Waals surface area contributed by atoms with Gasteiger partial charge in [0.05, 0.1) is 0 Å². The summed E-state index contributed by atoms with van der Waals surface area (Å²) in [6, 6.07) is 0. The van der Waals surface area contributed by atoms with E-state index in [0.717, 1.165) is 59.2 Å². The molecule has 0 N–H and O–H groups in total. The molecule has 31 heavy (non-hydrogen) atoms. The monoisotopic (exact) mass is 420 g/mol. The second-order valence-corrected chi connectivity index (χ2v) is 12.3. The van der Waals surface area contributed by atoms with Crippen LogP contribution in [0.4, 0.5) is 0 Å². The first-order chi connectivity index (χ1) is 14.4. The normalized spacial score (nSPS) is 45.7. The van der Waals surface area contributed by atoms with Crippen LogP contribution in [0, 0.1) is 59.2 Å². The molecule has 0 nitrogen and oxygen atoms in total. The van der Waals surface area contributed by atoms with Gasteiger partial charge in [0.1, 0.15) is 0 Å². The van der Waals surface area contributed by atoms with E-state index in [1.165, 1.54) is 6.42 Å². The van der Waals surface area contributed by atoms with Gasteiger partial charge in [-0.1, -0.05) is 50.0 Å². The molecule has 0 amide bonds. The van der Waals surface area contributed by atoms with Crippen molar-refractivity contribution in [1.82, 2.24) is 0 Å². The zero-order chi connectivity index (χ0) is 23.1. The molecule has 4 aliphatic rings. The lowest BCUT2D eigenvalue weighted by Crippen LogP contribution is -2.30. The van der Waals surface area contributed by atoms with Crippen LogP contribution >= 0.6 is 0 Å². The maximum absolute atomic E-state index is 2.59. The Morgan fingerprint density at radius 1 is 0.387 bits per heavy atom. The van der Waals surface area contributed by atoms with Crippen LogP contribution in [0.3, 0.4) is 0 Å². The highest BCUT2D eigenvalue weighted by molar-refractivity contribution is 5.45. The number of fused-ring (bicyclic) bond motifs is 2. The maximum atomic E-state index is 2.59. The minimum atomic E-state index is 0.766. The summed E-state index contributed by atoms with van der Waals surface area (Å²) < 4.78 is 0. The van der Waals surface area contributed by atoms with E-state index in [0.29, 0.717) is 0 Å². The van der Waals surface area contributed by atoms with Gasteiger partial charge in [0.25, 0.3) is 0 Å². The van der Waals surface area contributed by atoms with Crippen LogP contribution in [0.1, 0.15) is 89.5 Å². The van der Waals surface area contributed by atoms with E-state index in [1.54, 1.807) is 44.6 Å². The fraction of sp³-hybridized carbons (Fsp3) is 0.742. The fourth-order valence-corrected chi connectivity index (χ4v) is 9.00. The molecule has 0 bridgehead atoms. The van der Waals surface area contributed by atoms with Gasteiger partial charge in [-0.2, -0.15) is 0 Å². The van der Waals surface area contributed by atoms with Crippen LogP contribution in [0.25, 0.3) is 0 Å². The van der Waals surface area contributed by atoms with Crippen molar-refractivity contribution in [3.63, 3.8) is 0 Å². The van der Waals surface area contributed by atoms with E-state index >= 15 is 0 Å². The van der Waals surface area contributed by atoms with E-state index in [1.807, 2.05) is 0 Å². The van der Waals surface area contributed by atoms with Crippen LogP contribution in [0.15, 0.2) is 44.6 Å². The van der Waals surface area contributed by atoms with Gasteiger partial charge < -0.3 is 0 Å². The van der Waals surface area contributed by atoms with E-state index in [-0.39, 0.29) is 0 Å². The highest BCUT2D eigenvalue weighted by Gasteiger charge is 2.54. The Bertz CT molecular complexity index is 828. The Labute approximate surface area is 193 Å². The van der Waals surface area contributed by atoms with Crippen molar-refractivity contribution in [3.05, 3.63) is 44.6 Å². The molecule has 0 heteroatoms. The summed E-state index contributed by atoms with van der Waals surface area (Å²) in [7, 11) is 0. The average Bonchev–Trinajstić information content (AvgIpc) is 3.13. The zero-order valence-electron chi connectivity index (χ0n) is 22.5. The molecule has 4 aliphatic carbocycles. The average molecular weight is 421 g/mol. The van der Waals surface area contributed by atoms with Crippen molar-refractivity contribution in [3.8, 4) is 0 Å². The zero-order valence-corrected chi connectivity index (χ0v) is 22.5. The van der Waals surface area contributed by atoms with E-state index in [2.05, 4.69) is 83.1 Å². The largest absolute Gasteiger partial charge is 0.0661 e. The standard InChI is InChI=1S/C31H48/c1-14-16(3)22(9)30-26(18(5)24(11)28(30)20(14)7)13-27-19(6)25(12)29-21(8)15(2)17(4)23(10)31(27)29/h18-19,24-31H,13H2,1-12H3. The first-order valence-electron chi connectivity index (χ1n) is 13.1. The molecule has 10 atom stereocenters. The number of rotatable bonds is 2. The van der Waals surface area contributed by atoms with Crippen molar-refractivity contribution in [2.24, 2.45) is 59.2 Å². The number of hydrogen-bond donors (Lipinski definition) is 0. The summed E-state index contributed by atoms with van der Waals surface area (Å²) >= 11 is 0. The third-order valence-electron chi connectivity index (χ3n) is 11.9. The lowest BCUT2D eigenvalue weighted by molar-refractivity contribution is 0.203. The summed E-state index contributed by atoms with van der Waals surface area (Å²) in [6.07, 6.45) is 1.42. The van der Waals surface area contributed by atoms with E-state index in [9.17, 15) is 0 Å². The number of hydrogen-bond acceptors (Lipinski definition) is 0. The van der Waals surface area contributed by atoms with Crippen LogP contribution in [-0.4, -0.2) is 0 Å². The molecule has 0 radical (unpaired) electrons. The lowest BCUT2D eigenvalue weighted by atomic mass is 9.66. The highest BCUT2D eigenvalue weighted by Crippen LogP contribution is 2.62. The first-order valence-corrected chi connectivity index (χ1v) is 13.1. The van der Waals surface area contributed by atoms with Crippen molar-refractivity contribution >= 4 is 0 Å². The highest BCUT2D eigenvalue weighted by atomic mass is 14.6. The van der Waals surface area contributed by atoms with Gasteiger partial charge in [-0.25, -0.2) is 0 Å². The summed E-state index contributed by atoms with van der Waals surface area (Å²) in [6.45, 7) is 29.6. The molecule has 0 aromatic rings. The molecule has 0 spiro atoms. The molecule has 0 saturated heterocycles. The van der Waals surface area contributed by atoms with Gasteiger partial charge in [-0.05, 0) is 143 Å². The van der Waals surface area contributed by atoms with Crippen molar-refractivity contribution in [2.45, 2.75) is 89.5 Å². The van der Waals surface area contributed by atoms with Crippen LogP contribution in [0.2, 0.25) is 0 Å². The summed E-state index contributed by atoms with van der Waals surface area (Å²) in [5, 5.41) is 0. The summed E-state index contributed by atoms with van der Waals surface area (Å²) in [4.78, 5) is 0. The van der Waals surface area contributed by atoms with E-state index in [4.69, 9.17) is 0 Å². The topological polar surface area (TPSA) is 0 Å². The Hall–Kier alpha value is -1.04. The second-order valence-electron chi connectivity index (χ2n) is 12.3. The molecule has 0 aromatic carbocycles. The maximum Gasteiger partial charge on any atom is -0.0101 e. The predicted molar refractivity (Wildman–Crippen MR) is 136 cm³/mol. The molecule has 2 saturated carbocycles. The molecule has 4 rings (SSSR count). The van der Waals surface area contributed by atoms with Crippen molar-refractivity contribution in [1.29, 1.82) is 0 Å². The van der Waals surface area contributed by atoms with Gasteiger partial charge in [-0.15, -0.1) is 0 Å². The molecule has 0 heterocycles. The smallest absolute Gasteiger partial charge is 0.0101 e. The lowest BCUT2D eigenvalue weighted by Gasteiger charge is -2.39. The minimum Gasteiger partial charge on any atom is -0.0661 e. The molecule has 0 aliphatic heterocycles. The molecule has 2 fully saturated rings. The van der Waals surface area contributed by atoms with Gasteiger partial charge >= 0.3 is 0 Å². The van der Waals surface area contributed by atoms with Gasteiger partial charge in [0, 0.05) is 0 Å². The third kappa shape index (κ3) is 3.06. The van der Waals surface area contributed by atoms with Crippen molar-refractivity contribution < 1.29 is 0 Å². The number of allylic oxidation sites excluding steroid dienone is 8. The SMILES string of the molecule is CC1=C(C)C2C(C)C(C)C(CC3C(C)C(C)C4C(C)=C(C)C(C)=C(C)C34)C2C(C)=C1C. The van der Waals surface area contributed by atoms with Gasteiger partial charge in [-0.3, -0.25) is 0 Å². The summed E-state index contributed by atoms with van der Waals surface area (Å²) in [5.41, 5.74) is 13.2. The molecule has 0 aromatic heterocycles. The molecular weight excluding hydrogens is 372 g/mol. The Kier molecular flexibility index (Phi) is 5.80. The predicted octanol–water partition coefficient (Wildman–Crippen LogP) is 9.02. The van der Waals surface area contributed by atoms with Crippen LogP contribution < -0.4 is 0 Å². The Morgan fingerprint density at radius 3 is 0.935 bits per heavy atom. The third-order valence-corrected chi connectivity index (χ3v) is 11.9. The van der Waals surface area contributed by atoms with Gasteiger partial charge in [0.2, 0.25) is 0 Å². The van der Waals surface area contributed by atoms with Crippen LogP contribution in [-0.2, 0) is 0 Å². The quantitative estimate of drug-likeness (QED) is 0.418. The first kappa shape index (κ1) is 23.1. The molecule has 10 unspecified atom stereocenters. The van der Waals surface area contributed by atoms with E-state index < -0.39 is 0 Å². The van der Waals surface area contributed by atoms with Gasteiger partial charge in [0.15, 0.2) is 0 Å². The second kappa shape index (κ2) is 7.78. The fourth-order valence-electron chi connectivity index (χ4n) is 9.00. The Balaban J connectivity index is 1.73. The molecular formula is C31H48. The summed E-state index contributed by atoms with van der Waals surface area (Å²) in [5.74, 6) is 7.95. The van der Waals surface area contributed by atoms with Crippen molar-refractivity contribution in [2.75, 3.05) is 0 Å².